The highest BCUT2D eigenvalue weighted by atomic mass is 32.2. The van der Waals surface area contributed by atoms with Crippen LogP contribution < -0.4 is 5.32 Å². The number of rotatable bonds is 6. The molecule has 0 aliphatic rings. The predicted octanol–water partition coefficient (Wildman–Crippen LogP) is 2.82. The normalized spacial score (nSPS) is 12.5. The summed E-state index contributed by atoms with van der Waals surface area (Å²) in [4.78, 5) is 15.4. The summed E-state index contributed by atoms with van der Waals surface area (Å²) in [6.45, 7) is 3.70. The van der Waals surface area contributed by atoms with E-state index in [1.54, 1.807) is 18.2 Å². The first-order valence-electron chi connectivity index (χ1n) is 7.33. The molecule has 0 spiro atoms. The van der Waals surface area contributed by atoms with Crippen molar-refractivity contribution in [2.75, 3.05) is 12.8 Å². The monoisotopic (exact) mass is 356 g/mol. The van der Waals surface area contributed by atoms with E-state index in [0.717, 1.165) is 0 Å². The Bertz CT molecular complexity index is 876. The molecule has 0 bridgehead atoms. The van der Waals surface area contributed by atoms with Crippen LogP contribution in [0.15, 0.2) is 22.6 Å². The molecule has 0 fully saturated rings. The Labute approximate surface area is 140 Å². The fourth-order valence-electron chi connectivity index (χ4n) is 2.59. The quantitative estimate of drug-likeness (QED) is 0.777. The van der Waals surface area contributed by atoms with E-state index >= 15 is 0 Å². The highest BCUT2D eigenvalue weighted by Crippen LogP contribution is 2.24. The van der Waals surface area contributed by atoms with Gasteiger partial charge in [0.1, 0.15) is 0 Å². The molecule has 1 aromatic heterocycles. The molecule has 0 atom stereocenters. The summed E-state index contributed by atoms with van der Waals surface area (Å²) < 4.78 is 28.5. The van der Waals surface area contributed by atoms with Gasteiger partial charge in [0.05, 0.1) is 10.3 Å². The molecular weight excluding hydrogens is 336 g/mol. The number of aromatic nitrogens is 1. The van der Waals surface area contributed by atoms with E-state index in [4.69, 9.17) is 16.6 Å². The Morgan fingerprint density at radius 3 is 2.57 bits per heavy atom. The Kier molecular flexibility index (Phi) is 4.95. The standard InChI is InChI=1S/C15H20N2O4S2/c1-4-15(5-2,23(3,19)20)9-16-13(18)10-6-7-11-12(8-10)21-14(22)17-11/h6-8H,4-5,9H2,1-3H3,(H,16,18)(H,17,22). The number of hydrogen-bond donors (Lipinski definition) is 2. The third kappa shape index (κ3) is 3.48. The number of sulfone groups is 1. The number of carbonyl (C=O) groups is 1. The Hall–Kier alpha value is -1.67. The van der Waals surface area contributed by atoms with Gasteiger partial charge in [-0.05, 0) is 43.3 Å². The van der Waals surface area contributed by atoms with Gasteiger partial charge in [-0.1, -0.05) is 13.8 Å². The van der Waals surface area contributed by atoms with E-state index in [-0.39, 0.29) is 17.3 Å². The number of benzene rings is 1. The summed E-state index contributed by atoms with van der Waals surface area (Å²) >= 11 is 4.90. The molecular formula is C15H20N2O4S2. The average Bonchev–Trinajstić information content (AvgIpc) is 2.86. The SMILES string of the molecule is CCC(CC)(CNC(=O)c1ccc2[nH]c(=S)oc2c1)S(C)(=O)=O. The van der Waals surface area contributed by atoms with Gasteiger partial charge in [0.15, 0.2) is 15.4 Å². The number of carbonyl (C=O) groups excluding carboxylic acids is 1. The van der Waals surface area contributed by atoms with Gasteiger partial charge in [-0.3, -0.25) is 4.79 Å². The highest BCUT2D eigenvalue weighted by molar-refractivity contribution is 7.92. The maximum atomic E-state index is 12.3. The van der Waals surface area contributed by atoms with Crippen LogP contribution >= 0.6 is 12.2 Å². The zero-order chi connectivity index (χ0) is 17.3. The van der Waals surface area contributed by atoms with E-state index in [1.165, 1.54) is 6.26 Å². The zero-order valence-corrected chi connectivity index (χ0v) is 14.9. The minimum Gasteiger partial charge on any atom is -0.429 e. The van der Waals surface area contributed by atoms with Crippen molar-refractivity contribution in [3.05, 3.63) is 28.6 Å². The topological polar surface area (TPSA) is 92.2 Å². The molecule has 0 saturated heterocycles. The maximum absolute atomic E-state index is 12.3. The van der Waals surface area contributed by atoms with Crippen molar-refractivity contribution in [3.63, 3.8) is 0 Å². The van der Waals surface area contributed by atoms with Gasteiger partial charge in [0.25, 0.3) is 10.7 Å². The smallest absolute Gasteiger partial charge is 0.266 e. The number of oxazole rings is 1. The summed E-state index contributed by atoms with van der Waals surface area (Å²) in [5.74, 6) is -0.343. The van der Waals surface area contributed by atoms with Crippen molar-refractivity contribution >= 4 is 39.1 Å². The number of hydrogen-bond acceptors (Lipinski definition) is 5. The second-order valence-corrected chi connectivity index (χ2v) is 8.35. The zero-order valence-electron chi connectivity index (χ0n) is 13.3. The van der Waals surface area contributed by atoms with Gasteiger partial charge in [-0.2, -0.15) is 0 Å². The first-order chi connectivity index (χ1) is 10.7. The second-order valence-electron chi connectivity index (χ2n) is 5.57. The molecule has 2 N–H and O–H groups in total. The third-order valence-corrected chi connectivity index (χ3v) is 6.81. The van der Waals surface area contributed by atoms with Crippen LogP contribution in [0.25, 0.3) is 11.1 Å². The molecule has 6 nitrogen and oxygen atoms in total. The van der Waals surface area contributed by atoms with Crippen molar-refractivity contribution in [1.82, 2.24) is 10.3 Å². The lowest BCUT2D eigenvalue weighted by atomic mass is 10.0. The molecule has 8 heteroatoms. The third-order valence-electron chi connectivity index (χ3n) is 4.33. The second kappa shape index (κ2) is 6.45. The molecule has 2 rings (SSSR count). The van der Waals surface area contributed by atoms with E-state index in [9.17, 15) is 13.2 Å². The van der Waals surface area contributed by atoms with Crippen LogP contribution in [-0.2, 0) is 9.84 Å². The van der Waals surface area contributed by atoms with Crippen molar-refractivity contribution in [1.29, 1.82) is 0 Å². The lowest BCUT2D eigenvalue weighted by Crippen LogP contribution is -2.47. The first-order valence-corrected chi connectivity index (χ1v) is 9.63. The van der Waals surface area contributed by atoms with Crippen molar-refractivity contribution in [2.24, 2.45) is 0 Å². The fourth-order valence-corrected chi connectivity index (χ4v) is 4.17. The van der Waals surface area contributed by atoms with E-state index < -0.39 is 14.6 Å². The van der Waals surface area contributed by atoms with Crippen molar-refractivity contribution in [2.45, 2.75) is 31.4 Å². The van der Waals surface area contributed by atoms with Crippen molar-refractivity contribution in [3.8, 4) is 0 Å². The Morgan fingerprint density at radius 1 is 1.35 bits per heavy atom. The number of amides is 1. The molecule has 0 radical (unpaired) electrons. The van der Waals surface area contributed by atoms with Crippen LogP contribution in [0, 0.1) is 4.84 Å². The lowest BCUT2D eigenvalue weighted by molar-refractivity contribution is 0.0948. The van der Waals surface area contributed by atoms with E-state index in [1.807, 2.05) is 13.8 Å². The van der Waals surface area contributed by atoms with Gasteiger partial charge in [0, 0.05) is 18.4 Å². The fraction of sp³-hybridized carbons (Fsp3) is 0.467. The predicted molar refractivity (Wildman–Crippen MR) is 91.9 cm³/mol. The van der Waals surface area contributed by atoms with Gasteiger partial charge in [0.2, 0.25) is 0 Å². The van der Waals surface area contributed by atoms with E-state index in [2.05, 4.69) is 10.3 Å². The molecule has 2 aromatic rings. The van der Waals surface area contributed by atoms with Crippen LogP contribution in [0.5, 0.6) is 0 Å². The van der Waals surface area contributed by atoms with Crippen molar-refractivity contribution < 1.29 is 17.6 Å². The molecule has 0 unspecified atom stereocenters. The average molecular weight is 356 g/mol. The largest absolute Gasteiger partial charge is 0.429 e. The molecule has 126 valence electrons. The molecule has 0 saturated carbocycles. The minimum absolute atomic E-state index is 0.0757. The van der Waals surface area contributed by atoms with Crippen LogP contribution in [0.2, 0.25) is 0 Å². The van der Waals surface area contributed by atoms with Gasteiger partial charge < -0.3 is 14.7 Å². The highest BCUT2D eigenvalue weighted by Gasteiger charge is 2.37. The van der Waals surface area contributed by atoms with Crippen LogP contribution in [0.4, 0.5) is 0 Å². The molecule has 0 aliphatic carbocycles. The molecule has 23 heavy (non-hydrogen) atoms. The summed E-state index contributed by atoms with van der Waals surface area (Å²) in [6, 6.07) is 4.92. The van der Waals surface area contributed by atoms with Crippen LogP contribution in [-0.4, -0.2) is 36.9 Å². The first kappa shape index (κ1) is 17.7. The van der Waals surface area contributed by atoms with Gasteiger partial charge >= 0.3 is 0 Å². The number of fused-ring (bicyclic) bond motifs is 1. The maximum Gasteiger partial charge on any atom is 0.266 e. The van der Waals surface area contributed by atoms with E-state index in [0.29, 0.717) is 29.5 Å². The number of nitrogens with one attached hydrogen (secondary N) is 2. The molecule has 1 amide bonds. The molecule has 1 aromatic carbocycles. The van der Waals surface area contributed by atoms with Crippen LogP contribution in [0.1, 0.15) is 37.0 Å². The summed E-state index contributed by atoms with van der Waals surface area (Å²) in [5.41, 5.74) is 1.59. The number of H-pyrrole nitrogens is 1. The lowest BCUT2D eigenvalue weighted by Gasteiger charge is -2.29. The van der Waals surface area contributed by atoms with Crippen LogP contribution in [0.3, 0.4) is 0 Å². The minimum atomic E-state index is -3.29. The van der Waals surface area contributed by atoms with Gasteiger partial charge in [-0.15, -0.1) is 0 Å². The Balaban J connectivity index is 2.21. The molecule has 1 heterocycles. The summed E-state index contributed by atoms with van der Waals surface area (Å²) in [7, 11) is -3.29. The summed E-state index contributed by atoms with van der Waals surface area (Å²) in [5, 5.41) is 2.72. The van der Waals surface area contributed by atoms with Gasteiger partial charge in [-0.25, -0.2) is 8.42 Å². The Morgan fingerprint density at radius 2 is 2.00 bits per heavy atom. The number of aromatic amines is 1. The summed E-state index contributed by atoms with van der Waals surface area (Å²) in [6.07, 6.45) is 2.09. The molecule has 0 aliphatic heterocycles.